The summed E-state index contributed by atoms with van der Waals surface area (Å²) in [5.74, 6) is -2.27. The van der Waals surface area contributed by atoms with Crippen molar-refractivity contribution in [1.82, 2.24) is 15.2 Å². The summed E-state index contributed by atoms with van der Waals surface area (Å²) in [6, 6.07) is 13.2. The lowest BCUT2D eigenvalue weighted by atomic mass is 9.76. The quantitative estimate of drug-likeness (QED) is 0.435. The van der Waals surface area contributed by atoms with Crippen molar-refractivity contribution < 1.29 is 19.1 Å². The van der Waals surface area contributed by atoms with Crippen LogP contribution in [0.4, 0.5) is 5.69 Å². The molecule has 4 aliphatic heterocycles. The number of nitrogens with zero attached hydrogens (tertiary/aromatic N) is 1. The number of hydrogen-bond acceptors (Lipinski definition) is 5. The Hall–Kier alpha value is -3.01. The van der Waals surface area contributed by atoms with Gasteiger partial charge in [0.25, 0.3) is 0 Å². The molecule has 9 heteroatoms. The van der Waals surface area contributed by atoms with Gasteiger partial charge >= 0.3 is 0 Å². The summed E-state index contributed by atoms with van der Waals surface area (Å²) in [5.41, 5.74) is 2.12. The zero-order valence-electron chi connectivity index (χ0n) is 19.4. The number of fused-ring (bicyclic) bond motifs is 5. The maximum atomic E-state index is 14.0. The fourth-order valence-corrected chi connectivity index (χ4v) is 7.08. The number of halogens is 1. The van der Waals surface area contributed by atoms with Gasteiger partial charge in [0.1, 0.15) is 5.54 Å². The molecule has 0 radical (unpaired) electrons. The van der Waals surface area contributed by atoms with Gasteiger partial charge in [-0.25, -0.2) is 0 Å². The average molecular weight is 549 g/mol. The molecule has 36 heavy (non-hydrogen) atoms. The number of ether oxygens (including phenoxy) is 1. The lowest BCUT2D eigenvalue weighted by molar-refractivity contribution is -0.144. The van der Waals surface area contributed by atoms with Gasteiger partial charge in [-0.2, -0.15) is 0 Å². The molecule has 2 aromatic carbocycles. The number of para-hydroxylation sites is 1. The van der Waals surface area contributed by atoms with Gasteiger partial charge in [0, 0.05) is 45.5 Å². The normalized spacial score (nSPS) is 31.0. The first-order valence-corrected chi connectivity index (χ1v) is 13.2. The van der Waals surface area contributed by atoms with E-state index in [1.165, 1.54) is 4.90 Å². The van der Waals surface area contributed by atoms with Gasteiger partial charge in [0.05, 0.1) is 24.5 Å². The Morgan fingerprint density at radius 1 is 1.11 bits per heavy atom. The molecule has 3 saturated heterocycles. The summed E-state index contributed by atoms with van der Waals surface area (Å²) in [4.78, 5) is 46.2. The topological polar surface area (TPSA) is 104 Å². The van der Waals surface area contributed by atoms with Gasteiger partial charge in [0.15, 0.2) is 0 Å². The van der Waals surface area contributed by atoms with Crippen LogP contribution in [0.5, 0.6) is 0 Å². The number of aromatic nitrogens is 1. The van der Waals surface area contributed by atoms with Crippen molar-refractivity contribution in [3.8, 4) is 0 Å². The second-order valence-electron chi connectivity index (χ2n) is 10.2. The minimum Gasteiger partial charge on any atom is -0.376 e. The number of nitrogens with one attached hydrogen (secondary N) is 3. The highest BCUT2D eigenvalue weighted by Crippen LogP contribution is 2.54. The lowest BCUT2D eigenvalue weighted by Crippen LogP contribution is -2.54. The first kappa shape index (κ1) is 22.2. The van der Waals surface area contributed by atoms with Gasteiger partial charge in [0.2, 0.25) is 17.7 Å². The van der Waals surface area contributed by atoms with Crippen LogP contribution >= 0.6 is 15.9 Å². The fourth-order valence-electron chi connectivity index (χ4n) is 6.72. The van der Waals surface area contributed by atoms with Crippen LogP contribution < -0.4 is 10.6 Å². The molecule has 1 aromatic heterocycles. The van der Waals surface area contributed by atoms with Crippen molar-refractivity contribution in [1.29, 1.82) is 0 Å². The van der Waals surface area contributed by atoms with Crippen molar-refractivity contribution in [2.75, 3.05) is 18.5 Å². The van der Waals surface area contributed by atoms with E-state index in [1.807, 2.05) is 48.7 Å². The predicted octanol–water partition coefficient (Wildman–Crippen LogP) is 3.07. The van der Waals surface area contributed by atoms with Crippen molar-refractivity contribution in [3.63, 3.8) is 0 Å². The number of amides is 3. The number of benzene rings is 2. The van der Waals surface area contributed by atoms with E-state index in [9.17, 15) is 14.4 Å². The third-order valence-corrected chi connectivity index (χ3v) is 8.79. The Morgan fingerprint density at radius 2 is 1.97 bits per heavy atom. The second kappa shape index (κ2) is 7.99. The van der Waals surface area contributed by atoms with E-state index in [0.717, 1.165) is 33.8 Å². The molecule has 7 rings (SSSR count). The summed E-state index contributed by atoms with van der Waals surface area (Å²) in [6.45, 7) is 0.889. The molecule has 184 valence electrons. The van der Waals surface area contributed by atoms with Gasteiger partial charge in [-0.3, -0.25) is 24.6 Å². The van der Waals surface area contributed by atoms with Crippen LogP contribution in [0.1, 0.15) is 24.0 Å². The Kier molecular flexibility index (Phi) is 4.93. The Balaban J connectivity index is 1.33. The smallest absolute Gasteiger partial charge is 0.250 e. The van der Waals surface area contributed by atoms with Crippen LogP contribution in [-0.2, 0) is 31.1 Å². The predicted molar refractivity (Wildman–Crippen MR) is 136 cm³/mol. The molecule has 5 atom stereocenters. The third kappa shape index (κ3) is 3.02. The van der Waals surface area contributed by atoms with Gasteiger partial charge in [-0.05, 0) is 49.1 Å². The molecule has 0 saturated carbocycles. The van der Waals surface area contributed by atoms with Crippen LogP contribution in [0, 0.1) is 11.8 Å². The van der Waals surface area contributed by atoms with Crippen molar-refractivity contribution in [2.45, 2.75) is 36.9 Å². The van der Waals surface area contributed by atoms with Crippen LogP contribution in [0.25, 0.3) is 10.9 Å². The number of rotatable bonds is 4. The summed E-state index contributed by atoms with van der Waals surface area (Å²) < 4.78 is 6.56. The summed E-state index contributed by atoms with van der Waals surface area (Å²) >= 11 is 3.53. The molecule has 4 aliphatic rings. The molecule has 3 aromatic rings. The highest BCUT2D eigenvalue weighted by atomic mass is 79.9. The maximum Gasteiger partial charge on any atom is 0.250 e. The van der Waals surface area contributed by atoms with E-state index in [2.05, 4.69) is 31.5 Å². The Labute approximate surface area is 215 Å². The number of H-pyrrole nitrogens is 1. The first-order chi connectivity index (χ1) is 17.5. The van der Waals surface area contributed by atoms with Crippen LogP contribution in [-0.4, -0.2) is 52.9 Å². The van der Waals surface area contributed by atoms with E-state index in [-0.39, 0.29) is 30.4 Å². The number of hydrogen-bond donors (Lipinski definition) is 3. The number of aromatic amines is 1. The van der Waals surface area contributed by atoms with Gasteiger partial charge in [-0.15, -0.1) is 0 Å². The minimum atomic E-state index is -1.31. The van der Waals surface area contributed by atoms with Crippen LogP contribution in [0.2, 0.25) is 0 Å². The molecule has 3 fully saturated rings. The van der Waals surface area contributed by atoms with Crippen LogP contribution in [0.15, 0.2) is 53.1 Å². The average Bonchev–Trinajstić information content (AvgIpc) is 3.67. The summed E-state index contributed by atoms with van der Waals surface area (Å²) in [6.07, 6.45) is 4.07. The molecule has 5 heterocycles. The van der Waals surface area contributed by atoms with Crippen molar-refractivity contribution in [3.05, 3.63) is 64.3 Å². The Bertz CT molecular complexity index is 1430. The number of anilines is 1. The molecule has 1 spiro atoms. The van der Waals surface area contributed by atoms with E-state index < -0.39 is 23.4 Å². The van der Waals surface area contributed by atoms with E-state index >= 15 is 0 Å². The van der Waals surface area contributed by atoms with E-state index in [1.54, 1.807) is 0 Å². The number of likely N-dealkylation sites (tertiary alicyclic amines) is 1. The molecule has 3 N–H and O–H groups in total. The molecule has 3 amide bonds. The van der Waals surface area contributed by atoms with E-state index in [0.29, 0.717) is 24.3 Å². The van der Waals surface area contributed by atoms with Gasteiger partial charge in [-0.1, -0.05) is 34.1 Å². The molecule has 8 nitrogen and oxygen atoms in total. The minimum absolute atomic E-state index is 0.147. The fraction of sp³-hybridized carbons (Fsp3) is 0.370. The maximum absolute atomic E-state index is 14.0. The SMILES string of the molecule is O=C1[C@H]2C(Cc3c[nH]c4ccccc34)N[C@@]3(C(=O)Nc4ccc(Br)cc43)[C@H]2C(=O)N1CC1CCCO1. The monoisotopic (exact) mass is 548 g/mol. The molecular weight excluding hydrogens is 524 g/mol. The highest BCUT2D eigenvalue weighted by Gasteiger charge is 2.70. The number of carbonyl (C=O) groups excluding carboxylic acids is 3. The zero-order valence-corrected chi connectivity index (χ0v) is 21.0. The largest absolute Gasteiger partial charge is 0.376 e. The van der Waals surface area contributed by atoms with Crippen molar-refractivity contribution in [2.24, 2.45) is 11.8 Å². The summed E-state index contributed by atoms with van der Waals surface area (Å²) in [7, 11) is 0. The Morgan fingerprint density at radius 3 is 2.81 bits per heavy atom. The molecular formula is C27H25BrN4O4. The molecule has 0 bridgehead atoms. The molecule has 2 unspecified atom stereocenters. The van der Waals surface area contributed by atoms with Crippen molar-refractivity contribution >= 4 is 50.2 Å². The standard InChI is InChI=1S/C27H25BrN4O4/c28-15-7-8-20-18(11-15)27(26(35)30-20)23-22(24(33)32(25(23)34)13-16-4-3-9-36-16)21(31-27)10-14-12-29-19-6-2-1-5-17(14)19/h1-2,5-8,11-12,16,21-23,29,31H,3-4,9-10,13H2,(H,30,35)/t16?,21?,22-,23+,27+/m0/s1. The number of carbonyl (C=O) groups is 3. The van der Waals surface area contributed by atoms with E-state index in [4.69, 9.17) is 4.74 Å². The third-order valence-electron chi connectivity index (χ3n) is 8.29. The zero-order chi connectivity index (χ0) is 24.6. The molecule has 0 aliphatic carbocycles. The van der Waals surface area contributed by atoms with Gasteiger partial charge < -0.3 is 15.0 Å². The summed E-state index contributed by atoms with van der Waals surface area (Å²) in [5, 5.41) is 7.57. The highest BCUT2D eigenvalue weighted by molar-refractivity contribution is 9.10. The second-order valence-corrected chi connectivity index (χ2v) is 11.1. The lowest BCUT2D eigenvalue weighted by Gasteiger charge is -2.30. The number of imide groups is 1. The van der Waals surface area contributed by atoms with Crippen LogP contribution in [0.3, 0.4) is 0 Å². The first-order valence-electron chi connectivity index (χ1n) is 12.4.